The highest BCUT2D eigenvalue weighted by Crippen LogP contribution is 2.19. The fourth-order valence-corrected chi connectivity index (χ4v) is 2.30. The Hall–Kier alpha value is -1.66. The molecule has 1 amide bonds. The van der Waals surface area contributed by atoms with E-state index in [2.05, 4.69) is 0 Å². The van der Waals surface area contributed by atoms with Gasteiger partial charge in [0.25, 0.3) is 11.6 Å². The molecular weight excluding hydrogens is 284 g/mol. The number of benzene rings is 1. The molecule has 1 aliphatic heterocycles. The number of carbonyl (C=O) groups is 1. The van der Waals surface area contributed by atoms with Crippen LogP contribution in [0.2, 0.25) is 0 Å². The maximum atomic E-state index is 12.5. The second-order valence-electron chi connectivity index (χ2n) is 4.72. The Bertz CT molecular complexity index is 523. The van der Waals surface area contributed by atoms with Crippen LogP contribution in [0.15, 0.2) is 24.3 Å². The molecule has 7 heteroatoms. The average molecular weight is 299 g/mol. The molecule has 1 fully saturated rings. The predicted octanol–water partition coefficient (Wildman–Crippen LogP) is 2.06. The lowest BCUT2D eigenvalue weighted by atomic mass is 10.1. The van der Waals surface area contributed by atoms with Crippen molar-refractivity contribution < 1.29 is 14.5 Å². The van der Waals surface area contributed by atoms with Crippen molar-refractivity contribution in [1.82, 2.24) is 4.90 Å². The van der Waals surface area contributed by atoms with Crippen molar-refractivity contribution >= 4 is 23.2 Å². The summed E-state index contributed by atoms with van der Waals surface area (Å²) in [5.41, 5.74) is 0.215. The topological polar surface area (TPSA) is 72.7 Å². The van der Waals surface area contributed by atoms with E-state index in [0.717, 1.165) is 0 Å². The van der Waals surface area contributed by atoms with Gasteiger partial charge in [-0.3, -0.25) is 14.9 Å². The van der Waals surface area contributed by atoms with Crippen LogP contribution in [0.5, 0.6) is 0 Å². The number of hydrogen-bond acceptors (Lipinski definition) is 4. The molecule has 1 aromatic rings. The Labute approximate surface area is 121 Å². The molecule has 6 nitrogen and oxygen atoms in total. The zero-order valence-electron chi connectivity index (χ0n) is 11.0. The van der Waals surface area contributed by atoms with E-state index < -0.39 is 4.92 Å². The first-order valence-electron chi connectivity index (χ1n) is 6.26. The molecule has 2 unspecified atom stereocenters. The van der Waals surface area contributed by atoms with E-state index in [1.165, 1.54) is 18.2 Å². The maximum absolute atomic E-state index is 12.5. The van der Waals surface area contributed by atoms with Crippen molar-refractivity contribution in [2.45, 2.75) is 19.1 Å². The zero-order valence-corrected chi connectivity index (χ0v) is 11.7. The van der Waals surface area contributed by atoms with E-state index in [1.54, 1.807) is 11.0 Å². The lowest BCUT2D eigenvalue weighted by molar-refractivity contribution is -0.384. The molecule has 2 atom stereocenters. The minimum Gasteiger partial charge on any atom is -0.373 e. The van der Waals surface area contributed by atoms with Gasteiger partial charge < -0.3 is 9.64 Å². The minimum absolute atomic E-state index is 0.0822. The van der Waals surface area contributed by atoms with E-state index in [1.807, 2.05) is 6.92 Å². The van der Waals surface area contributed by atoms with E-state index in [-0.39, 0.29) is 23.7 Å². The standard InChI is InChI=1S/C13H15ClN2O4/c1-9-8-20-12(6-14)7-15(9)13(17)10-3-2-4-11(5-10)16(18)19/h2-5,9,12H,6-8H2,1H3. The summed E-state index contributed by atoms with van der Waals surface area (Å²) in [4.78, 5) is 24.3. The molecule has 0 aliphatic carbocycles. The number of nitro groups is 1. The number of hydrogen-bond donors (Lipinski definition) is 0. The quantitative estimate of drug-likeness (QED) is 0.486. The molecule has 20 heavy (non-hydrogen) atoms. The smallest absolute Gasteiger partial charge is 0.270 e. The van der Waals surface area contributed by atoms with Gasteiger partial charge in [-0.2, -0.15) is 0 Å². The number of ether oxygens (including phenoxy) is 1. The van der Waals surface area contributed by atoms with Gasteiger partial charge >= 0.3 is 0 Å². The Morgan fingerprint density at radius 3 is 3.00 bits per heavy atom. The molecule has 1 aliphatic rings. The molecule has 108 valence electrons. The van der Waals surface area contributed by atoms with Crippen LogP contribution in [0.1, 0.15) is 17.3 Å². The molecule has 0 radical (unpaired) electrons. The van der Waals surface area contributed by atoms with Gasteiger partial charge in [0, 0.05) is 24.2 Å². The van der Waals surface area contributed by atoms with Crippen LogP contribution in [0.25, 0.3) is 0 Å². The van der Waals surface area contributed by atoms with Gasteiger partial charge in [-0.25, -0.2) is 0 Å². The third-order valence-corrected chi connectivity index (χ3v) is 3.59. The van der Waals surface area contributed by atoms with Crippen LogP contribution in [0.3, 0.4) is 0 Å². The molecule has 2 rings (SSSR count). The number of amides is 1. The number of rotatable bonds is 3. The number of nitrogens with zero attached hydrogens (tertiary/aromatic N) is 2. The average Bonchev–Trinajstić information content (AvgIpc) is 2.47. The van der Waals surface area contributed by atoms with Crippen LogP contribution >= 0.6 is 11.6 Å². The normalized spacial score (nSPS) is 22.6. The highest BCUT2D eigenvalue weighted by atomic mass is 35.5. The summed E-state index contributed by atoms with van der Waals surface area (Å²) in [6.07, 6.45) is -0.199. The summed E-state index contributed by atoms with van der Waals surface area (Å²) < 4.78 is 5.48. The Morgan fingerprint density at radius 1 is 1.60 bits per heavy atom. The van der Waals surface area contributed by atoms with E-state index in [9.17, 15) is 14.9 Å². The molecule has 0 aromatic heterocycles. The second-order valence-corrected chi connectivity index (χ2v) is 5.03. The molecule has 0 bridgehead atoms. The monoisotopic (exact) mass is 298 g/mol. The summed E-state index contributed by atoms with van der Waals surface area (Å²) in [5.74, 6) is 0.0745. The highest BCUT2D eigenvalue weighted by Gasteiger charge is 2.30. The molecule has 1 aromatic carbocycles. The predicted molar refractivity (Wildman–Crippen MR) is 74.1 cm³/mol. The van der Waals surface area contributed by atoms with Gasteiger partial charge in [0.2, 0.25) is 0 Å². The Balaban J connectivity index is 2.21. The van der Waals surface area contributed by atoms with Crippen LogP contribution in [-0.2, 0) is 4.74 Å². The summed E-state index contributed by atoms with van der Waals surface area (Å²) in [7, 11) is 0. The SMILES string of the molecule is CC1COC(CCl)CN1C(=O)c1cccc([N+](=O)[O-])c1. The molecule has 0 spiro atoms. The van der Waals surface area contributed by atoms with Gasteiger partial charge in [0.15, 0.2) is 0 Å². The van der Waals surface area contributed by atoms with Crippen molar-refractivity contribution in [3.63, 3.8) is 0 Å². The first-order chi connectivity index (χ1) is 9.52. The van der Waals surface area contributed by atoms with Crippen molar-refractivity contribution in [2.75, 3.05) is 19.0 Å². The summed E-state index contributed by atoms with van der Waals surface area (Å²) >= 11 is 5.76. The summed E-state index contributed by atoms with van der Waals surface area (Å²) in [6.45, 7) is 2.68. The number of morpholine rings is 1. The first-order valence-corrected chi connectivity index (χ1v) is 6.79. The van der Waals surface area contributed by atoms with Crippen molar-refractivity contribution in [1.29, 1.82) is 0 Å². The third kappa shape index (κ3) is 3.08. The number of carbonyl (C=O) groups excluding carboxylic acids is 1. The van der Waals surface area contributed by atoms with Crippen molar-refractivity contribution in [2.24, 2.45) is 0 Å². The van der Waals surface area contributed by atoms with Gasteiger partial charge in [0.05, 0.1) is 29.6 Å². The molecule has 0 saturated carbocycles. The number of alkyl halides is 1. The molecule has 0 N–H and O–H groups in total. The second kappa shape index (κ2) is 6.19. The Morgan fingerprint density at radius 2 is 2.35 bits per heavy atom. The highest BCUT2D eigenvalue weighted by molar-refractivity contribution is 6.18. The Kier molecular flexibility index (Phi) is 4.57. The lowest BCUT2D eigenvalue weighted by Gasteiger charge is -2.37. The van der Waals surface area contributed by atoms with Gasteiger partial charge in [0.1, 0.15) is 0 Å². The third-order valence-electron chi connectivity index (χ3n) is 3.24. The van der Waals surface area contributed by atoms with Gasteiger partial charge in [-0.15, -0.1) is 11.6 Å². The molecular formula is C13H15ClN2O4. The number of halogens is 1. The van der Waals surface area contributed by atoms with Crippen molar-refractivity contribution in [3.8, 4) is 0 Å². The van der Waals surface area contributed by atoms with Crippen LogP contribution < -0.4 is 0 Å². The fraction of sp³-hybridized carbons (Fsp3) is 0.462. The zero-order chi connectivity index (χ0) is 14.7. The van der Waals surface area contributed by atoms with Gasteiger partial charge in [-0.1, -0.05) is 6.07 Å². The fourth-order valence-electron chi connectivity index (χ4n) is 2.11. The summed E-state index contributed by atoms with van der Waals surface area (Å²) in [6, 6.07) is 5.66. The summed E-state index contributed by atoms with van der Waals surface area (Å²) in [5, 5.41) is 10.8. The van der Waals surface area contributed by atoms with Crippen molar-refractivity contribution in [3.05, 3.63) is 39.9 Å². The lowest BCUT2D eigenvalue weighted by Crippen LogP contribution is -2.51. The number of nitro benzene ring substituents is 1. The minimum atomic E-state index is -0.513. The van der Waals surface area contributed by atoms with Crippen LogP contribution in [-0.4, -0.2) is 46.9 Å². The molecule has 1 saturated heterocycles. The van der Waals surface area contributed by atoms with E-state index >= 15 is 0 Å². The van der Waals surface area contributed by atoms with E-state index in [4.69, 9.17) is 16.3 Å². The molecule has 1 heterocycles. The maximum Gasteiger partial charge on any atom is 0.270 e. The van der Waals surface area contributed by atoms with E-state index in [0.29, 0.717) is 24.6 Å². The first kappa shape index (κ1) is 14.7. The largest absolute Gasteiger partial charge is 0.373 e. The number of non-ortho nitro benzene ring substituents is 1. The van der Waals surface area contributed by atoms with Gasteiger partial charge in [-0.05, 0) is 13.0 Å². The van der Waals surface area contributed by atoms with Crippen LogP contribution in [0, 0.1) is 10.1 Å². The van der Waals surface area contributed by atoms with Crippen LogP contribution in [0.4, 0.5) is 5.69 Å².